The first-order chi connectivity index (χ1) is 10.0. The number of rotatable bonds is 4. The number of nitrogens with one attached hydrogen (secondary N) is 1. The zero-order valence-electron chi connectivity index (χ0n) is 11.2. The number of hydrogen-bond acceptors (Lipinski definition) is 4. The average molecular weight is 293 g/mol. The van der Waals surface area contributed by atoms with Crippen LogP contribution in [0.15, 0.2) is 36.4 Å². The minimum Gasteiger partial charge on any atom is -0.505 e. The van der Waals surface area contributed by atoms with E-state index in [-0.39, 0.29) is 12.1 Å². The molecule has 0 aliphatic carbocycles. The fraction of sp³-hybridized carbons (Fsp3) is 0.133. The first kappa shape index (κ1) is 14.8. The highest BCUT2D eigenvalue weighted by atomic mass is 19.1. The zero-order valence-corrected chi connectivity index (χ0v) is 11.2. The van der Waals surface area contributed by atoms with Crippen molar-refractivity contribution < 1.29 is 23.4 Å². The normalized spacial score (nSPS) is 10.2. The van der Waals surface area contributed by atoms with Gasteiger partial charge >= 0.3 is 5.97 Å². The lowest BCUT2D eigenvalue weighted by Gasteiger charge is -2.10. The molecule has 21 heavy (non-hydrogen) atoms. The number of anilines is 1. The van der Waals surface area contributed by atoms with Crippen molar-refractivity contribution in [1.29, 1.82) is 0 Å². The standard InChI is InChI=1S/C15H13F2NO3/c1-21-15(20)11-7-10(5-6-12(11)16)18-8-9-3-2-4-13(17)14(9)19/h2-7,18-19H,8H2,1H3. The van der Waals surface area contributed by atoms with Crippen LogP contribution < -0.4 is 5.32 Å². The summed E-state index contributed by atoms with van der Waals surface area (Å²) in [5.41, 5.74) is 0.588. The third-order valence-electron chi connectivity index (χ3n) is 2.92. The molecule has 0 aliphatic heterocycles. The van der Waals surface area contributed by atoms with Gasteiger partial charge in [0.1, 0.15) is 5.82 Å². The van der Waals surface area contributed by atoms with E-state index in [1.54, 1.807) is 6.07 Å². The van der Waals surface area contributed by atoms with Gasteiger partial charge in [0.2, 0.25) is 0 Å². The van der Waals surface area contributed by atoms with E-state index in [1.807, 2.05) is 0 Å². The van der Waals surface area contributed by atoms with Crippen LogP contribution in [0, 0.1) is 11.6 Å². The van der Waals surface area contributed by atoms with Crippen LogP contribution in [0.1, 0.15) is 15.9 Å². The number of carbonyl (C=O) groups is 1. The second-order valence-corrected chi connectivity index (χ2v) is 4.29. The molecule has 6 heteroatoms. The van der Waals surface area contributed by atoms with Crippen LogP contribution >= 0.6 is 0 Å². The Labute approximate surface area is 120 Å². The van der Waals surface area contributed by atoms with Gasteiger partial charge in [-0.2, -0.15) is 0 Å². The van der Waals surface area contributed by atoms with E-state index in [0.29, 0.717) is 11.3 Å². The maximum Gasteiger partial charge on any atom is 0.340 e. The van der Waals surface area contributed by atoms with Crippen molar-refractivity contribution in [2.45, 2.75) is 6.54 Å². The first-order valence-corrected chi connectivity index (χ1v) is 6.11. The van der Waals surface area contributed by atoms with Gasteiger partial charge in [0.15, 0.2) is 11.6 Å². The Kier molecular flexibility index (Phi) is 4.37. The summed E-state index contributed by atoms with van der Waals surface area (Å²) in [7, 11) is 1.16. The van der Waals surface area contributed by atoms with Gasteiger partial charge in [-0.25, -0.2) is 13.6 Å². The van der Waals surface area contributed by atoms with Crippen molar-refractivity contribution in [2.75, 3.05) is 12.4 Å². The van der Waals surface area contributed by atoms with Crippen molar-refractivity contribution >= 4 is 11.7 Å². The van der Waals surface area contributed by atoms with Crippen molar-refractivity contribution in [3.05, 3.63) is 59.2 Å². The zero-order chi connectivity index (χ0) is 15.4. The van der Waals surface area contributed by atoms with Gasteiger partial charge in [-0.15, -0.1) is 0 Å². The second kappa shape index (κ2) is 6.21. The van der Waals surface area contributed by atoms with Crippen LogP contribution in [0.25, 0.3) is 0 Å². The van der Waals surface area contributed by atoms with E-state index in [0.717, 1.165) is 19.2 Å². The summed E-state index contributed by atoms with van der Waals surface area (Å²) in [4.78, 5) is 11.4. The highest BCUT2D eigenvalue weighted by molar-refractivity contribution is 5.90. The topological polar surface area (TPSA) is 58.6 Å². The molecule has 0 atom stereocenters. The lowest BCUT2D eigenvalue weighted by Crippen LogP contribution is -2.06. The molecule has 0 unspecified atom stereocenters. The van der Waals surface area contributed by atoms with Crippen LogP contribution in [0.3, 0.4) is 0 Å². The molecule has 0 bridgehead atoms. The maximum absolute atomic E-state index is 13.5. The number of aromatic hydroxyl groups is 1. The number of phenolic OH excluding ortho intramolecular Hbond substituents is 1. The van der Waals surface area contributed by atoms with Gasteiger partial charge in [0, 0.05) is 17.8 Å². The number of carbonyl (C=O) groups excluding carboxylic acids is 1. The maximum atomic E-state index is 13.5. The summed E-state index contributed by atoms with van der Waals surface area (Å²) < 4.78 is 31.1. The Hall–Kier alpha value is -2.63. The molecule has 110 valence electrons. The van der Waals surface area contributed by atoms with Gasteiger partial charge in [-0.1, -0.05) is 12.1 Å². The van der Waals surface area contributed by atoms with Gasteiger partial charge in [0.25, 0.3) is 0 Å². The Morgan fingerprint density at radius 1 is 1.24 bits per heavy atom. The molecule has 0 heterocycles. The van der Waals surface area contributed by atoms with Crippen molar-refractivity contribution in [2.24, 2.45) is 0 Å². The lowest BCUT2D eigenvalue weighted by molar-refractivity contribution is 0.0595. The Balaban J connectivity index is 2.17. The average Bonchev–Trinajstić information content (AvgIpc) is 2.49. The fourth-order valence-corrected chi connectivity index (χ4v) is 1.80. The van der Waals surface area contributed by atoms with Crippen LogP contribution in [-0.4, -0.2) is 18.2 Å². The number of halogens is 2. The fourth-order valence-electron chi connectivity index (χ4n) is 1.80. The quantitative estimate of drug-likeness (QED) is 0.851. The lowest BCUT2D eigenvalue weighted by atomic mass is 10.1. The van der Waals surface area contributed by atoms with Crippen molar-refractivity contribution in [1.82, 2.24) is 0 Å². The number of benzene rings is 2. The first-order valence-electron chi connectivity index (χ1n) is 6.11. The number of hydrogen-bond donors (Lipinski definition) is 2. The molecule has 2 N–H and O–H groups in total. The number of ether oxygens (including phenoxy) is 1. The molecule has 0 saturated carbocycles. The van der Waals surface area contributed by atoms with Crippen LogP contribution in [0.4, 0.5) is 14.5 Å². The number of phenols is 1. The van der Waals surface area contributed by atoms with E-state index >= 15 is 0 Å². The third kappa shape index (κ3) is 3.28. The summed E-state index contributed by atoms with van der Waals surface area (Å²) in [6.07, 6.45) is 0. The predicted molar refractivity (Wildman–Crippen MR) is 73.1 cm³/mol. The van der Waals surface area contributed by atoms with E-state index in [9.17, 15) is 18.7 Å². The molecule has 2 rings (SSSR count). The smallest absolute Gasteiger partial charge is 0.340 e. The van der Waals surface area contributed by atoms with Gasteiger partial charge in [-0.05, 0) is 24.3 Å². The monoisotopic (exact) mass is 293 g/mol. The van der Waals surface area contributed by atoms with Crippen molar-refractivity contribution in [3.63, 3.8) is 0 Å². The molecule has 0 spiro atoms. The molecule has 0 aliphatic rings. The van der Waals surface area contributed by atoms with Gasteiger partial charge in [-0.3, -0.25) is 0 Å². The van der Waals surface area contributed by atoms with E-state index in [4.69, 9.17) is 0 Å². The summed E-state index contributed by atoms with van der Waals surface area (Å²) >= 11 is 0. The van der Waals surface area contributed by atoms with Crippen LogP contribution in [0.2, 0.25) is 0 Å². The largest absolute Gasteiger partial charge is 0.505 e. The molecule has 0 aromatic heterocycles. The van der Waals surface area contributed by atoms with E-state index in [2.05, 4.69) is 10.1 Å². The Morgan fingerprint density at radius 2 is 2.00 bits per heavy atom. The Bertz CT molecular complexity index is 674. The molecular weight excluding hydrogens is 280 g/mol. The summed E-state index contributed by atoms with van der Waals surface area (Å²) in [5, 5.41) is 12.4. The summed E-state index contributed by atoms with van der Waals surface area (Å²) in [6.45, 7) is 0.121. The predicted octanol–water partition coefficient (Wildman–Crippen LogP) is 3.07. The summed E-state index contributed by atoms with van der Waals surface area (Å²) in [6, 6.07) is 8.01. The second-order valence-electron chi connectivity index (χ2n) is 4.29. The van der Waals surface area contributed by atoms with Crippen LogP contribution in [-0.2, 0) is 11.3 Å². The van der Waals surface area contributed by atoms with E-state index in [1.165, 1.54) is 18.2 Å². The molecule has 0 amide bonds. The number of para-hydroxylation sites is 1. The van der Waals surface area contributed by atoms with Crippen LogP contribution in [0.5, 0.6) is 5.75 Å². The highest BCUT2D eigenvalue weighted by Crippen LogP contribution is 2.22. The van der Waals surface area contributed by atoms with Gasteiger partial charge < -0.3 is 15.2 Å². The van der Waals surface area contributed by atoms with Gasteiger partial charge in [0.05, 0.1) is 12.7 Å². The molecule has 0 radical (unpaired) electrons. The Morgan fingerprint density at radius 3 is 2.71 bits per heavy atom. The summed E-state index contributed by atoms with van der Waals surface area (Å²) in [5.74, 6) is -2.64. The third-order valence-corrected chi connectivity index (χ3v) is 2.92. The van der Waals surface area contributed by atoms with E-state index < -0.39 is 23.4 Å². The SMILES string of the molecule is COC(=O)c1cc(NCc2cccc(F)c2O)ccc1F. The number of methoxy groups -OCH3 is 1. The minimum absolute atomic E-state index is 0.121. The van der Waals surface area contributed by atoms with Crippen molar-refractivity contribution in [3.8, 4) is 5.75 Å². The molecule has 4 nitrogen and oxygen atoms in total. The molecule has 0 saturated heterocycles. The number of esters is 1. The molecular formula is C15H13F2NO3. The molecule has 2 aromatic carbocycles. The minimum atomic E-state index is -0.787. The molecule has 2 aromatic rings. The molecule has 0 fully saturated rings. The highest BCUT2D eigenvalue weighted by Gasteiger charge is 2.13.